The molecule has 0 aliphatic heterocycles. The summed E-state index contributed by atoms with van der Waals surface area (Å²) in [5.74, 6) is -3.27. The van der Waals surface area contributed by atoms with Crippen molar-refractivity contribution in [3.63, 3.8) is 0 Å². The van der Waals surface area contributed by atoms with Crippen molar-refractivity contribution in [2.75, 3.05) is 11.5 Å². The van der Waals surface area contributed by atoms with Crippen molar-refractivity contribution in [3.8, 4) is 0 Å². The average molecular weight is 485 g/mol. The highest BCUT2D eigenvalue weighted by Crippen LogP contribution is 2.11. The fraction of sp³-hybridized carbons (Fsp3) is 0.524. The van der Waals surface area contributed by atoms with Crippen LogP contribution in [0.3, 0.4) is 0 Å². The molecule has 0 aromatic heterocycles. The molecular weight excluding hydrogens is 452 g/mol. The number of carbonyl (C=O) groups excluding carboxylic acids is 3. The number of carbonyl (C=O) groups is 4. The number of hydrogen-bond acceptors (Lipinski definition) is 7. The number of nitrogens with two attached hydrogens (primary N) is 1. The molecule has 0 saturated carbocycles. The average Bonchev–Trinajstić information content (AvgIpc) is 2.79. The summed E-state index contributed by atoms with van der Waals surface area (Å²) in [4.78, 5) is 49.5. The molecule has 1 aromatic rings. The van der Waals surface area contributed by atoms with Gasteiger partial charge in [0.2, 0.25) is 17.7 Å². The number of thiol groups is 2. The third-order valence-corrected chi connectivity index (χ3v) is 5.80. The number of hydrogen-bond donors (Lipinski definition) is 7. The van der Waals surface area contributed by atoms with Gasteiger partial charge in [-0.3, -0.25) is 14.4 Å². The maximum Gasteiger partial charge on any atom is 0.327 e. The lowest BCUT2D eigenvalue weighted by Gasteiger charge is -2.28. The molecule has 0 aliphatic carbocycles. The van der Waals surface area contributed by atoms with Gasteiger partial charge in [-0.1, -0.05) is 50.6 Å². The normalized spacial score (nSPS) is 15.5. The van der Waals surface area contributed by atoms with Gasteiger partial charge in [-0.2, -0.15) is 25.3 Å². The first-order valence-electron chi connectivity index (χ1n) is 10.3. The summed E-state index contributed by atoms with van der Waals surface area (Å²) in [6.07, 6.45) is 0.734. The maximum atomic E-state index is 13.1. The van der Waals surface area contributed by atoms with Crippen LogP contribution in [0.2, 0.25) is 0 Å². The van der Waals surface area contributed by atoms with Crippen LogP contribution in [-0.4, -0.2) is 64.5 Å². The largest absolute Gasteiger partial charge is 0.480 e. The molecule has 5 unspecified atom stereocenters. The van der Waals surface area contributed by atoms with Crippen LogP contribution < -0.4 is 21.7 Å². The van der Waals surface area contributed by atoms with Crippen LogP contribution in [0, 0.1) is 5.92 Å². The minimum absolute atomic E-state index is 0.101. The molecule has 0 aliphatic rings. The van der Waals surface area contributed by atoms with E-state index in [9.17, 15) is 24.3 Å². The Kier molecular flexibility index (Phi) is 12.2. The lowest BCUT2D eigenvalue weighted by Crippen LogP contribution is -2.59. The van der Waals surface area contributed by atoms with Crippen molar-refractivity contribution in [2.45, 2.75) is 50.9 Å². The van der Waals surface area contributed by atoms with E-state index in [1.807, 2.05) is 37.3 Å². The summed E-state index contributed by atoms with van der Waals surface area (Å²) >= 11 is 7.96. The van der Waals surface area contributed by atoms with E-state index in [1.165, 1.54) is 0 Å². The minimum atomic E-state index is -1.22. The van der Waals surface area contributed by atoms with E-state index >= 15 is 0 Å². The van der Waals surface area contributed by atoms with Gasteiger partial charge in [-0.05, 0) is 11.5 Å². The summed E-state index contributed by atoms with van der Waals surface area (Å²) in [5.41, 5.74) is 6.53. The molecule has 9 nitrogen and oxygen atoms in total. The van der Waals surface area contributed by atoms with E-state index in [0.29, 0.717) is 6.42 Å². The summed E-state index contributed by atoms with van der Waals surface area (Å²) in [6.45, 7) is 3.61. The first-order chi connectivity index (χ1) is 15.1. The van der Waals surface area contributed by atoms with E-state index in [4.69, 9.17) is 5.73 Å². The van der Waals surface area contributed by atoms with Crippen molar-refractivity contribution >= 4 is 48.9 Å². The molecule has 0 spiro atoms. The third kappa shape index (κ3) is 8.71. The second-order valence-corrected chi connectivity index (χ2v) is 8.22. The van der Waals surface area contributed by atoms with Crippen LogP contribution in [0.15, 0.2) is 30.3 Å². The molecule has 1 rings (SSSR count). The highest BCUT2D eigenvalue weighted by molar-refractivity contribution is 7.80. The Labute approximate surface area is 199 Å². The molecule has 1 aromatic carbocycles. The summed E-state index contributed by atoms with van der Waals surface area (Å²) < 4.78 is 0. The van der Waals surface area contributed by atoms with E-state index in [1.54, 1.807) is 6.92 Å². The molecule has 11 heteroatoms. The molecule has 0 saturated heterocycles. The second kappa shape index (κ2) is 14.0. The lowest BCUT2D eigenvalue weighted by molar-refractivity contribution is -0.142. The van der Waals surface area contributed by atoms with E-state index in [0.717, 1.165) is 5.56 Å². The number of carboxylic acids is 1. The van der Waals surface area contributed by atoms with Gasteiger partial charge in [0, 0.05) is 17.9 Å². The van der Waals surface area contributed by atoms with Gasteiger partial charge >= 0.3 is 5.97 Å². The molecular formula is C21H32N4O5S2. The zero-order valence-corrected chi connectivity index (χ0v) is 19.9. The minimum Gasteiger partial charge on any atom is -0.480 e. The number of benzene rings is 1. The fourth-order valence-corrected chi connectivity index (χ4v) is 3.24. The Morgan fingerprint density at radius 2 is 1.53 bits per heavy atom. The van der Waals surface area contributed by atoms with Crippen molar-refractivity contribution in [1.82, 2.24) is 16.0 Å². The summed E-state index contributed by atoms with van der Waals surface area (Å²) in [7, 11) is 0. The molecule has 0 radical (unpaired) electrons. The van der Waals surface area contributed by atoms with Crippen LogP contribution in [0.5, 0.6) is 0 Å². The molecule has 32 heavy (non-hydrogen) atoms. The van der Waals surface area contributed by atoms with Crippen molar-refractivity contribution < 1.29 is 24.3 Å². The molecule has 5 atom stereocenters. The van der Waals surface area contributed by atoms with Crippen molar-refractivity contribution in [1.29, 1.82) is 0 Å². The SMILES string of the molecule is CCC(C)C(NC(=O)C(Cc1ccccc1)NC(=O)C(N)CS)C(=O)NC(CS)C(=O)O. The number of amides is 3. The maximum absolute atomic E-state index is 13.1. The van der Waals surface area contributed by atoms with Gasteiger partial charge in [-0.25, -0.2) is 4.79 Å². The van der Waals surface area contributed by atoms with Crippen LogP contribution in [0.4, 0.5) is 0 Å². The van der Waals surface area contributed by atoms with Gasteiger partial charge in [0.05, 0.1) is 6.04 Å². The first-order valence-corrected chi connectivity index (χ1v) is 11.6. The molecule has 0 fully saturated rings. The van der Waals surface area contributed by atoms with Crippen molar-refractivity contribution in [3.05, 3.63) is 35.9 Å². The third-order valence-electron chi connectivity index (χ3n) is 5.04. The van der Waals surface area contributed by atoms with Gasteiger partial charge < -0.3 is 26.8 Å². The highest BCUT2D eigenvalue weighted by atomic mass is 32.1. The van der Waals surface area contributed by atoms with Crippen LogP contribution in [-0.2, 0) is 25.6 Å². The Morgan fingerprint density at radius 3 is 2.03 bits per heavy atom. The zero-order chi connectivity index (χ0) is 24.3. The number of carboxylic acid groups (broad SMARTS) is 1. The standard InChI is InChI=1S/C21H32N4O5S2/c1-3-12(2)17(20(28)24-16(11-32)21(29)30)25-19(27)15(23-18(26)14(22)10-31)9-13-7-5-4-6-8-13/h4-8,12,14-17,31-32H,3,9-11,22H2,1-2H3,(H,23,26)(H,24,28)(H,25,27)(H,29,30). The summed E-state index contributed by atoms with van der Waals surface area (Å²) in [6, 6.07) is 5.00. The number of nitrogens with one attached hydrogen (secondary N) is 3. The zero-order valence-electron chi connectivity index (χ0n) is 18.2. The Hall–Kier alpha value is -2.24. The van der Waals surface area contributed by atoms with E-state index in [-0.39, 0.29) is 23.8 Å². The van der Waals surface area contributed by atoms with E-state index < -0.39 is 47.9 Å². The summed E-state index contributed by atoms with van der Waals surface area (Å²) in [5, 5.41) is 16.9. The van der Waals surface area contributed by atoms with Gasteiger partial charge in [0.1, 0.15) is 18.1 Å². The predicted octanol–water partition coefficient (Wildman–Crippen LogP) is 0.00110. The second-order valence-electron chi connectivity index (χ2n) is 7.49. The molecule has 3 amide bonds. The highest BCUT2D eigenvalue weighted by Gasteiger charge is 2.32. The fourth-order valence-electron chi connectivity index (χ4n) is 2.82. The molecule has 0 heterocycles. The molecule has 0 bridgehead atoms. The van der Waals surface area contributed by atoms with Crippen molar-refractivity contribution in [2.24, 2.45) is 11.7 Å². The monoisotopic (exact) mass is 484 g/mol. The Morgan fingerprint density at radius 1 is 0.938 bits per heavy atom. The Bertz CT molecular complexity index is 781. The van der Waals surface area contributed by atoms with Gasteiger partial charge in [-0.15, -0.1) is 0 Å². The lowest BCUT2D eigenvalue weighted by atomic mass is 9.96. The first kappa shape index (κ1) is 27.8. The topological polar surface area (TPSA) is 151 Å². The van der Waals surface area contributed by atoms with Gasteiger partial charge in [0.25, 0.3) is 0 Å². The predicted molar refractivity (Wildman–Crippen MR) is 129 cm³/mol. The molecule has 6 N–H and O–H groups in total. The number of aliphatic carboxylic acids is 1. The van der Waals surface area contributed by atoms with Gasteiger partial charge in [0.15, 0.2) is 0 Å². The molecule has 178 valence electrons. The quantitative estimate of drug-likeness (QED) is 0.196. The van der Waals surface area contributed by atoms with Crippen LogP contribution in [0.25, 0.3) is 0 Å². The number of rotatable bonds is 13. The van der Waals surface area contributed by atoms with Crippen LogP contribution in [0.1, 0.15) is 25.8 Å². The smallest absolute Gasteiger partial charge is 0.327 e. The Balaban J connectivity index is 3.08. The van der Waals surface area contributed by atoms with E-state index in [2.05, 4.69) is 41.2 Å². The van der Waals surface area contributed by atoms with Crippen LogP contribution >= 0.6 is 25.3 Å².